The lowest BCUT2D eigenvalue weighted by molar-refractivity contribution is -0.149. The maximum atomic E-state index is 11.2. The quantitative estimate of drug-likeness (QED) is 0.733. The number of amides is 1. The lowest BCUT2D eigenvalue weighted by Gasteiger charge is -2.37. The van der Waals surface area contributed by atoms with Crippen molar-refractivity contribution in [2.45, 2.75) is 32.4 Å². The van der Waals surface area contributed by atoms with Gasteiger partial charge in [0.25, 0.3) is 5.91 Å². The zero-order valence-corrected chi connectivity index (χ0v) is 16.3. The average molecular weight is 368 g/mol. The van der Waals surface area contributed by atoms with Gasteiger partial charge in [-0.25, -0.2) is 0 Å². The van der Waals surface area contributed by atoms with E-state index >= 15 is 0 Å². The largest absolute Gasteiger partial charge is 0.377 e. The van der Waals surface area contributed by atoms with Crippen molar-refractivity contribution in [3.05, 3.63) is 65.7 Å². The number of ether oxygens (including phenoxy) is 1. The number of rotatable bonds is 6. The number of hydrogen-bond donors (Lipinski definition) is 0. The maximum Gasteiger partial charge on any atom is 0.251 e. The summed E-state index contributed by atoms with van der Waals surface area (Å²) < 4.78 is 5.98. The Morgan fingerprint density at radius 1 is 1.22 bits per heavy atom. The van der Waals surface area contributed by atoms with Crippen molar-refractivity contribution in [2.75, 3.05) is 26.7 Å². The molecule has 1 fully saturated rings. The van der Waals surface area contributed by atoms with E-state index in [2.05, 4.69) is 48.2 Å². The van der Waals surface area contributed by atoms with E-state index < -0.39 is 0 Å². The van der Waals surface area contributed by atoms with Crippen molar-refractivity contribution >= 4 is 5.91 Å². The minimum Gasteiger partial charge on any atom is -0.377 e. The number of nitrogens with zero attached hydrogens (tertiary/aromatic N) is 2. The molecule has 2 aromatic carbocycles. The molecule has 1 heterocycles. The fourth-order valence-electron chi connectivity index (χ4n) is 3.32. The van der Waals surface area contributed by atoms with Gasteiger partial charge in [-0.2, -0.15) is 5.06 Å². The summed E-state index contributed by atoms with van der Waals surface area (Å²) >= 11 is 0. The summed E-state index contributed by atoms with van der Waals surface area (Å²) in [4.78, 5) is 19.2. The Labute approximate surface area is 161 Å². The molecule has 27 heavy (non-hydrogen) atoms. The van der Waals surface area contributed by atoms with Crippen LogP contribution in [0.3, 0.4) is 0 Å². The topological polar surface area (TPSA) is 42.0 Å². The second-order valence-corrected chi connectivity index (χ2v) is 7.07. The molecule has 5 nitrogen and oxygen atoms in total. The first-order valence-electron chi connectivity index (χ1n) is 9.44. The molecule has 0 aromatic heterocycles. The fourth-order valence-corrected chi connectivity index (χ4v) is 3.32. The number of benzene rings is 2. The predicted molar refractivity (Wildman–Crippen MR) is 105 cm³/mol. The normalized spacial score (nSPS) is 18.7. The van der Waals surface area contributed by atoms with Gasteiger partial charge in [0.05, 0.1) is 12.7 Å². The molecule has 5 heteroatoms. The average Bonchev–Trinajstić information content (AvgIpc) is 2.70. The van der Waals surface area contributed by atoms with Crippen LogP contribution in [0.25, 0.3) is 0 Å². The van der Waals surface area contributed by atoms with E-state index in [1.54, 1.807) is 7.05 Å². The highest BCUT2D eigenvalue weighted by atomic mass is 16.7. The summed E-state index contributed by atoms with van der Waals surface area (Å²) in [7, 11) is 1.61. The molecule has 2 aromatic rings. The second-order valence-electron chi connectivity index (χ2n) is 7.07. The van der Waals surface area contributed by atoms with Crippen molar-refractivity contribution in [3.63, 3.8) is 0 Å². The number of carbonyl (C=O) groups is 1. The minimum absolute atomic E-state index is 0.131. The fraction of sp³-hybridized carbons (Fsp3) is 0.409. The van der Waals surface area contributed by atoms with Crippen molar-refractivity contribution in [2.24, 2.45) is 0 Å². The van der Waals surface area contributed by atoms with Gasteiger partial charge in [-0.05, 0) is 36.6 Å². The number of hydrogen-bond acceptors (Lipinski definition) is 4. The van der Waals surface area contributed by atoms with Crippen LogP contribution in [0.1, 0.15) is 31.1 Å². The van der Waals surface area contributed by atoms with Crippen LogP contribution in [-0.4, -0.2) is 48.7 Å². The van der Waals surface area contributed by atoms with Crippen LogP contribution in [0.5, 0.6) is 5.75 Å². The zero-order chi connectivity index (χ0) is 19.2. The first kappa shape index (κ1) is 19.4. The molecule has 1 aliphatic heterocycles. The molecule has 144 valence electrons. The highest BCUT2D eigenvalue weighted by molar-refractivity contribution is 5.71. The van der Waals surface area contributed by atoms with Crippen LogP contribution < -0.4 is 4.84 Å². The van der Waals surface area contributed by atoms with Crippen LogP contribution in [0.15, 0.2) is 54.6 Å². The number of hydroxylamine groups is 2. The molecule has 1 amide bonds. The molecular weight excluding hydrogens is 340 g/mol. The predicted octanol–water partition coefficient (Wildman–Crippen LogP) is 3.46. The molecule has 0 aliphatic carbocycles. The summed E-state index contributed by atoms with van der Waals surface area (Å²) in [6, 6.07) is 18.8. The van der Waals surface area contributed by atoms with E-state index in [9.17, 15) is 4.79 Å². The van der Waals surface area contributed by atoms with Gasteiger partial charge in [0.2, 0.25) is 0 Å². The van der Waals surface area contributed by atoms with Crippen LogP contribution in [0.2, 0.25) is 0 Å². The van der Waals surface area contributed by atoms with E-state index in [-0.39, 0.29) is 12.0 Å². The highest BCUT2D eigenvalue weighted by Gasteiger charge is 2.25. The standard InChI is InChI=1S/C22H28N2O3/c1-17(15-19-9-11-21(12-10-19)27-23(3)18(2)25)24-13-14-26-22(16-24)20-7-5-4-6-8-20/h4-12,17,22H,13-16H2,1-3H3. The van der Waals surface area contributed by atoms with Gasteiger partial charge >= 0.3 is 0 Å². The summed E-state index contributed by atoms with van der Waals surface area (Å²) in [5.74, 6) is 0.535. The Morgan fingerprint density at radius 3 is 2.59 bits per heavy atom. The Bertz CT molecular complexity index is 733. The van der Waals surface area contributed by atoms with Gasteiger partial charge in [-0.3, -0.25) is 9.69 Å². The zero-order valence-electron chi connectivity index (χ0n) is 16.3. The van der Waals surface area contributed by atoms with E-state index in [0.717, 1.165) is 26.1 Å². The first-order chi connectivity index (χ1) is 13.0. The van der Waals surface area contributed by atoms with Gasteiger partial charge in [0.1, 0.15) is 0 Å². The van der Waals surface area contributed by atoms with Gasteiger partial charge in [0, 0.05) is 33.1 Å². The van der Waals surface area contributed by atoms with E-state index in [0.29, 0.717) is 11.8 Å². The molecule has 0 radical (unpaired) electrons. The van der Waals surface area contributed by atoms with E-state index in [1.165, 1.54) is 23.1 Å². The Kier molecular flexibility index (Phi) is 6.48. The third-order valence-corrected chi connectivity index (χ3v) is 5.03. The molecule has 1 aliphatic rings. The monoisotopic (exact) mass is 368 g/mol. The molecular formula is C22H28N2O3. The Hall–Kier alpha value is -2.37. The smallest absolute Gasteiger partial charge is 0.251 e. The van der Waals surface area contributed by atoms with Crippen LogP contribution in [-0.2, 0) is 16.0 Å². The summed E-state index contributed by atoms with van der Waals surface area (Å²) in [6.45, 7) is 6.36. The van der Waals surface area contributed by atoms with Gasteiger partial charge in [0.15, 0.2) is 5.75 Å². The van der Waals surface area contributed by atoms with E-state index in [4.69, 9.17) is 9.57 Å². The van der Waals surface area contributed by atoms with Gasteiger partial charge in [-0.1, -0.05) is 42.5 Å². The Morgan fingerprint density at radius 2 is 1.93 bits per heavy atom. The lowest BCUT2D eigenvalue weighted by atomic mass is 10.0. The third-order valence-electron chi connectivity index (χ3n) is 5.03. The van der Waals surface area contributed by atoms with E-state index in [1.807, 2.05) is 18.2 Å². The highest BCUT2D eigenvalue weighted by Crippen LogP contribution is 2.24. The molecule has 3 rings (SSSR count). The number of morpholine rings is 1. The molecule has 0 saturated carbocycles. The minimum atomic E-state index is -0.131. The summed E-state index contributed by atoms with van der Waals surface area (Å²) in [5.41, 5.74) is 2.49. The molecule has 0 spiro atoms. The van der Waals surface area contributed by atoms with Crippen molar-refractivity contribution in [3.8, 4) is 5.75 Å². The molecule has 1 saturated heterocycles. The summed E-state index contributed by atoms with van der Waals surface area (Å²) in [6.07, 6.45) is 1.10. The second kappa shape index (κ2) is 9.02. The van der Waals surface area contributed by atoms with Crippen molar-refractivity contribution < 1.29 is 14.4 Å². The molecule has 2 unspecified atom stereocenters. The van der Waals surface area contributed by atoms with Gasteiger partial charge in [-0.15, -0.1) is 0 Å². The molecule has 0 N–H and O–H groups in total. The molecule has 0 bridgehead atoms. The molecule has 2 atom stereocenters. The SMILES string of the molecule is CC(=O)N(C)Oc1ccc(CC(C)N2CCOC(c3ccccc3)C2)cc1. The maximum absolute atomic E-state index is 11.2. The Balaban J connectivity index is 1.56. The van der Waals surface area contributed by atoms with Crippen molar-refractivity contribution in [1.82, 2.24) is 9.96 Å². The van der Waals surface area contributed by atoms with Crippen LogP contribution in [0.4, 0.5) is 0 Å². The summed E-state index contributed by atoms with van der Waals surface area (Å²) in [5, 5.41) is 1.23. The van der Waals surface area contributed by atoms with Crippen LogP contribution >= 0.6 is 0 Å². The third kappa shape index (κ3) is 5.31. The van der Waals surface area contributed by atoms with Gasteiger partial charge < -0.3 is 9.57 Å². The van der Waals surface area contributed by atoms with Crippen LogP contribution in [0, 0.1) is 0 Å². The number of carbonyl (C=O) groups excluding carboxylic acids is 1. The van der Waals surface area contributed by atoms with Crippen molar-refractivity contribution in [1.29, 1.82) is 0 Å². The first-order valence-corrected chi connectivity index (χ1v) is 9.44. The lowest BCUT2D eigenvalue weighted by Crippen LogP contribution is -2.44.